The molecule has 0 amide bonds. The Morgan fingerprint density at radius 2 is 1.62 bits per heavy atom. The number of hydrogen-bond donors (Lipinski definition) is 0. The van der Waals surface area contributed by atoms with Crippen LogP contribution in [-0.2, 0) is 0 Å². The molecule has 0 N–H and O–H groups in total. The van der Waals surface area contributed by atoms with Gasteiger partial charge >= 0.3 is 0 Å². The molecule has 0 saturated carbocycles. The Balaban J connectivity index is 0. The molecule has 0 unspecified atom stereocenters. The molecule has 0 aromatic carbocycles. The molecule has 68 valence electrons. The van der Waals surface area contributed by atoms with Crippen molar-refractivity contribution in [2.45, 2.75) is 20.8 Å². The lowest BCUT2D eigenvalue weighted by Crippen LogP contribution is -1.81. The van der Waals surface area contributed by atoms with Crippen LogP contribution in [0.2, 0.25) is 0 Å². The molecule has 0 aliphatic heterocycles. The number of allylic oxidation sites excluding steroid dienone is 4. The van der Waals surface area contributed by atoms with Gasteiger partial charge in [0, 0.05) is 0 Å². The summed E-state index contributed by atoms with van der Waals surface area (Å²) >= 11 is 0. The predicted molar refractivity (Wildman–Crippen MR) is 54.6 cm³/mol. The average molecular weight is 174 g/mol. The smallest absolute Gasteiger partial charge is 0.100 e. The van der Waals surface area contributed by atoms with Crippen LogP contribution < -0.4 is 0 Å². The van der Waals surface area contributed by atoms with E-state index < -0.39 is 0 Å². The first-order valence-corrected chi connectivity index (χ1v) is 3.98. The van der Waals surface area contributed by atoms with E-state index in [0.29, 0.717) is 0 Å². The van der Waals surface area contributed by atoms with E-state index in [2.05, 4.69) is 13.2 Å². The van der Waals surface area contributed by atoms with E-state index in [1.54, 1.807) is 13.0 Å². The lowest BCUT2D eigenvalue weighted by Gasteiger charge is -1.91. The zero-order valence-electron chi connectivity index (χ0n) is 8.39. The second kappa shape index (κ2) is 8.30. The lowest BCUT2D eigenvalue weighted by molar-refractivity contribution is 1.42. The molecule has 0 aliphatic carbocycles. The van der Waals surface area contributed by atoms with Crippen molar-refractivity contribution in [3.8, 4) is 12.1 Å². The molecule has 0 radical (unpaired) electrons. The molecule has 13 heavy (non-hydrogen) atoms. The third kappa shape index (κ3) is 6.59. The summed E-state index contributed by atoms with van der Waals surface area (Å²) in [7, 11) is 0. The van der Waals surface area contributed by atoms with Crippen LogP contribution in [-0.4, -0.2) is 0 Å². The summed E-state index contributed by atoms with van der Waals surface area (Å²) in [6.07, 6.45) is 1.53. The highest BCUT2D eigenvalue weighted by Gasteiger charge is 1.98. The van der Waals surface area contributed by atoms with Gasteiger partial charge in [-0.25, -0.2) is 0 Å². The third-order valence-electron chi connectivity index (χ3n) is 0.971. The van der Waals surface area contributed by atoms with Gasteiger partial charge in [0.25, 0.3) is 0 Å². The molecular formula is C11H14N2. The first-order chi connectivity index (χ1) is 6.11. The second-order valence-corrected chi connectivity index (χ2v) is 2.11. The normalized spacial score (nSPS) is 8.54. The topological polar surface area (TPSA) is 47.6 Å². The highest BCUT2D eigenvalue weighted by Crippen LogP contribution is 2.07. The number of hydrogen-bond acceptors (Lipinski definition) is 2. The molecule has 0 aromatic heterocycles. The Labute approximate surface area is 80.1 Å². The molecule has 0 rings (SSSR count). The summed E-state index contributed by atoms with van der Waals surface area (Å²) in [5.74, 6) is 0. The van der Waals surface area contributed by atoms with E-state index in [0.717, 1.165) is 5.57 Å². The van der Waals surface area contributed by atoms with Crippen molar-refractivity contribution >= 4 is 0 Å². The second-order valence-electron chi connectivity index (χ2n) is 2.11. The van der Waals surface area contributed by atoms with Gasteiger partial charge in [-0.2, -0.15) is 10.5 Å². The Morgan fingerprint density at radius 3 is 1.85 bits per heavy atom. The zero-order valence-corrected chi connectivity index (χ0v) is 8.39. The number of nitriles is 2. The monoisotopic (exact) mass is 174 g/mol. The van der Waals surface area contributed by atoms with Crippen LogP contribution in [0.3, 0.4) is 0 Å². The van der Waals surface area contributed by atoms with E-state index in [9.17, 15) is 0 Å². The highest BCUT2D eigenvalue weighted by molar-refractivity contribution is 5.50. The Morgan fingerprint density at radius 1 is 1.15 bits per heavy atom. The van der Waals surface area contributed by atoms with E-state index in [-0.39, 0.29) is 11.1 Å². The van der Waals surface area contributed by atoms with Gasteiger partial charge in [0.15, 0.2) is 0 Å². The van der Waals surface area contributed by atoms with Crippen LogP contribution in [0.1, 0.15) is 20.8 Å². The largest absolute Gasteiger partial charge is 0.192 e. The summed E-state index contributed by atoms with van der Waals surface area (Å²) in [4.78, 5) is 0. The quantitative estimate of drug-likeness (QED) is 0.477. The molecule has 0 fully saturated rings. The molecule has 0 bridgehead atoms. The van der Waals surface area contributed by atoms with E-state index >= 15 is 0 Å². The van der Waals surface area contributed by atoms with Crippen molar-refractivity contribution in [2.24, 2.45) is 0 Å². The SMILES string of the molecule is C=C(C)/C=C(/C#N)C(=C)C#N.CC. The minimum Gasteiger partial charge on any atom is -0.192 e. The molecule has 0 heterocycles. The van der Waals surface area contributed by atoms with Crippen LogP contribution in [0.25, 0.3) is 0 Å². The Hall–Kier alpha value is -1.80. The Kier molecular flexibility index (Phi) is 8.79. The maximum atomic E-state index is 8.51. The third-order valence-corrected chi connectivity index (χ3v) is 0.971. The standard InChI is InChI=1S/C9H8N2.C2H6/c1-7(2)4-9(6-11)8(3)5-10;1-2/h4H,1,3H2,2H3;1-2H3/b9-4-;. The van der Waals surface area contributed by atoms with Crippen molar-refractivity contribution in [3.05, 3.63) is 36.0 Å². The van der Waals surface area contributed by atoms with Gasteiger partial charge in [-0.15, -0.1) is 0 Å². The average Bonchev–Trinajstić information content (AvgIpc) is 2.16. The molecule has 2 nitrogen and oxygen atoms in total. The van der Waals surface area contributed by atoms with Crippen molar-refractivity contribution < 1.29 is 0 Å². The summed E-state index contributed by atoms with van der Waals surface area (Å²) in [6, 6.07) is 3.66. The van der Waals surface area contributed by atoms with Crippen LogP contribution in [0.15, 0.2) is 36.0 Å². The molecule has 0 spiro atoms. The zero-order chi connectivity index (χ0) is 10.9. The van der Waals surface area contributed by atoms with Gasteiger partial charge < -0.3 is 0 Å². The van der Waals surface area contributed by atoms with Crippen LogP contribution in [0.4, 0.5) is 0 Å². The molecule has 2 heteroatoms. The van der Waals surface area contributed by atoms with Gasteiger partial charge in [0.1, 0.15) is 6.07 Å². The molecule has 0 atom stereocenters. The first-order valence-electron chi connectivity index (χ1n) is 3.98. The van der Waals surface area contributed by atoms with E-state index in [1.165, 1.54) is 6.08 Å². The van der Waals surface area contributed by atoms with Crippen molar-refractivity contribution in [2.75, 3.05) is 0 Å². The fourth-order valence-electron chi connectivity index (χ4n) is 0.493. The highest BCUT2D eigenvalue weighted by atomic mass is 14.3. The fourth-order valence-corrected chi connectivity index (χ4v) is 0.493. The summed E-state index contributed by atoms with van der Waals surface area (Å²) in [5.41, 5.74) is 1.19. The van der Waals surface area contributed by atoms with Gasteiger partial charge in [-0.05, 0) is 13.0 Å². The minimum absolute atomic E-state index is 0.176. The Bertz CT molecular complexity index is 295. The van der Waals surface area contributed by atoms with E-state index in [1.807, 2.05) is 19.9 Å². The van der Waals surface area contributed by atoms with Gasteiger partial charge in [0.2, 0.25) is 0 Å². The summed E-state index contributed by atoms with van der Waals surface area (Å²) < 4.78 is 0. The summed E-state index contributed by atoms with van der Waals surface area (Å²) in [5, 5.41) is 16.9. The van der Waals surface area contributed by atoms with Crippen LogP contribution >= 0.6 is 0 Å². The van der Waals surface area contributed by atoms with Crippen molar-refractivity contribution in [3.63, 3.8) is 0 Å². The number of rotatable bonds is 2. The molecule has 0 aliphatic rings. The predicted octanol–water partition coefficient (Wildman–Crippen LogP) is 3.12. The number of nitrogens with zero attached hydrogens (tertiary/aromatic N) is 2. The maximum Gasteiger partial charge on any atom is 0.100 e. The van der Waals surface area contributed by atoms with E-state index in [4.69, 9.17) is 10.5 Å². The van der Waals surface area contributed by atoms with Crippen molar-refractivity contribution in [1.82, 2.24) is 0 Å². The molecular weight excluding hydrogens is 160 g/mol. The summed E-state index contributed by atoms with van der Waals surface area (Å²) in [6.45, 7) is 12.7. The fraction of sp³-hybridized carbons (Fsp3) is 0.273. The van der Waals surface area contributed by atoms with Gasteiger partial charge in [-0.1, -0.05) is 32.6 Å². The van der Waals surface area contributed by atoms with Gasteiger partial charge in [0.05, 0.1) is 17.2 Å². The van der Waals surface area contributed by atoms with Crippen molar-refractivity contribution in [1.29, 1.82) is 10.5 Å². The lowest BCUT2D eigenvalue weighted by atomic mass is 10.1. The molecule has 0 aromatic rings. The van der Waals surface area contributed by atoms with Crippen LogP contribution in [0, 0.1) is 22.7 Å². The molecule has 0 saturated heterocycles. The minimum atomic E-state index is 0.176. The maximum absolute atomic E-state index is 8.51. The van der Waals surface area contributed by atoms with Crippen LogP contribution in [0.5, 0.6) is 0 Å². The first kappa shape index (κ1) is 13.8. The van der Waals surface area contributed by atoms with Gasteiger partial charge in [-0.3, -0.25) is 0 Å².